The number of aliphatic hydroxyl groups is 1. The molecule has 1 atom stereocenters. The number of nitrogens with one attached hydrogen (secondary N) is 2. The number of aliphatic hydroxyl groups excluding tert-OH is 1. The van der Waals surface area contributed by atoms with Crippen LogP contribution in [-0.2, 0) is 11.3 Å². The molecule has 1 unspecified atom stereocenters. The van der Waals surface area contributed by atoms with Crippen LogP contribution in [0.2, 0.25) is 0 Å². The van der Waals surface area contributed by atoms with Crippen LogP contribution in [0, 0.1) is 0 Å². The van der Waals surface area contributed by atoms with Crippen molar-refractivity contribution < 1.29 is 19.0 Å². The second kappa shape index (κ2) is 6.67. The number of halogens is 1. The van der Waals surface area contributed by atoms with Gasteiger partial charge in [-0.15, -0.1) is 0 Å². The van der Waals surface area contributed by atoms with Gasteiger partial charge in [-0.25, -0.2) is 4.39 Å². The van der Waals surface area contributed by atoms with Crippen LogP contribution in [0.3, 0.4) is 0 Å². The lowest BCUT2D eigenvalue weighted by molar-refractivity contribution is -0.131. The fraction of sp³-hybridized carbons (Fsp3) is 0.500. The van der Waals surface area contributed by atoms with Crippen LogP contribution in [0.25, 0.3) is 0 Å². The van der Waals surface area contributed by atoms with Crippen molar-refractivity contribution in [3.63, 3.8) is 0 Å². The molecule has 1 heterocycles. The molecule has 1 aromatic carbocycles. The van der Waals surface area contributed by atoms with E-state index in [2.05, 4.69) is 10.6 Å². The standard InChI is InChI=1S/C14H19FN2O3/c15-14(5-6-16-10-14)13(19)17-9-11-3-1-2-4-12(11)20-8-7-18/h1-4,16,18H,5-10H2,(H,17,19). The van der Waals surface area contributed by atoms with Gasteiger partial charge in [-0.05, 0) is 12.6 Å². The summed E-state index contributed by atoms with van der Waals surface area (Å²) in [6, 6.07) is 7.16. The number of amides is 1. The van der Waals surface area contributed by atoms with Crippen molar-refractivity contribution in [1.82, 2.24) is 10.6 Å². The smallest absolute Gasteiger partial charge is 0.259 e. The lowest BCUT2D eigenvalue weighted by Crippen LogP contribution is -2.44. The predicted octanol–water partition coefficient (Wildman–Crippen LogP) is 0.375. The van der Waals surface area contributed by atoms with E-state index in [1.54, 1.807) is 18.2 Å². The fourth-order valence-electron chi connectivity index (χ4n) is 2.14. The molecule has 5 nitrogen and oxygen atoms in total. The number of carbonyl (C=O) groups is 1. The molecule has 0 radical (unpaired) electrons. The van der Waals surface area contributed by atoms with Gasteiger partial charge in [-0.3, -0.25) is 4.79 Å². The summed E-state index contributed by atoms with van der Waals surface area (Å²) in [5, 5.41) is 14.2. The van der Waals surface area contributed by atoms with Gasteiger partial charge in [0.1, 0.15) is 12.4 Å². The maximum Gasteiger partial charge on any atom is 0.259 e. The molecule has 1 aliphatic rings. The molecule has 1 aromatic rings. The molecule has 0 saturated carbocycles. The van der Waals surface area contributed by atoms with E-state index in [1.165, 1.54) is 0 Å². The minimum absolute atomic E-state index is 0.0570. The van der Waals surface area contributed by atoms with E-state index < -0.39 is 11.6 Å². The van der Waals surface area contributed by atoms with Gasteiger partial charge in [0.25, 0.3) is 5.91 Å². The molecule has 1 amide bonds. The van der Waals surface area contributed by atoms with Crippen molar-refractivity contribution in [2.75, 3.05) is 26.3 Å². The van der Waals surface area contributed by atoms with Gasteiger partial charge in [-0.1, -0.05) is 18.2 Å². The van der Waals surface area contributed by atoms with Crippen LogP contribution in [0.5, 0.6) is 5.75 Å². The predicted molar refractivity (Wildman–Crippen MR) is 72.2 cm³/mol. The summed E-state index contributed by atoms with van der Waals surface area (Å²) >= 11 is 0. The molecule has 0 aliphatic carbocycles. The SMILES string of the molecule is O=C(NCc1ccccc1OCCO)C1(F)CCNC1. The van der Waals surface area contributed by atoms with E-state index in [4.69, 9.17) is 9.84 Å². The lowest BCUT2D eigenvalue weighted by atomic mass is 10.0. The quantitative estimate of drug-likeness (QED) is 0.705. The minimum Gasteiger partial charge on any atom is -0.491 e. The van der Waals surface area contributed by atoms with E-state index >= 15 is 0 Å². The van der Waals surface area contributed by atoms with Gasteiger partial charge in [0, 0.05) is 25.1 Å². The van der Waals surface area contributed by atoms with Crippen molar-refractivity contribution in [2.24, 2.45) is 0 Å². The van der Waals surface area contributed by atoms with Crippen molar-refractivity contribution in [3.8, 4) is 5.75 Å². The zero-order valence-corrected chi connectivity index (χ0v) is 11.2. The van der Waals surface area contributed by atoms with Crippen molar-refractivity contribution in [2.45, 2.75) is 18.6 Å². The first-order valence-corrected chi connectivity index (χ1v) is 6.65. The summed E-state index contributed by atoms with van der Waals surface area (Å²) in [5.74, 6) is -0.0150. The number of benzene rings is 1. The summed E-state index contributed by atoms with van der Waals surface area (Å²) in [6.07, 6.45) is 0.196. The third-order valence-corrected chi connectivity index (χ3v) is 3.27. The fourth-order valence-corrected chi connectivity index (χ4v) is 2.14. The number of rotatable bonds is 6. The Labute approximate surface area is 117 Å². The van der Waals surface area contributed by atoms with E-state index in [-0.39, 0.29) is 32.7 Å². The van der Waals surface area contributed by atoms with E-state index in [0.29, 0.717) is 12.3 Å². The second-order valence-corrected chi connectivity index (χ2v) is 4.75. The molecule has 20 heavy (non-hydrogen) atoms. The highest BCUT2D eigenvalue weighted by Crippen LogP contribution is 2.21. The lowest BCUT2D eigenvalue weighted by Gasteiger charge is -2.18. The summed E-state index contributed by atoms with van der Waals surface area (Å²) in [5.41, 5.74) is -1.06. The Morgan fingerprint density at radius 2 is 2.30 bits per heavy atom. The van der Waals surface area contributed by atoms with Crippen LogP contribution in [0.15, 0.2) is 24.3 Å². The number of para-hydroxylation sites is 1. The topological polar surface area (TPSA) is 70.6 Å². The van der Waals surface area contributed by atoms with Crippen molar-refractivity contribution >= 4 is 5.91 Å². The van der Waals surface area contributed by atoms with Crippen LogP contribution in [0.1, 0.15) is 12.0 Å². The highest BCUT2D eigenvalue weighted by Gasteiger charge is 2.41. The third-order valence-electron chi connectivity index (χ3n) is 3.27. The van der Waals surface area contributed by atoms with E-state index in [9.17, 15) is 9.18 Å². The second-order valence-electron chi connectivity index (χ2n) is 4.75. The highest BCUT2D eigenvalue weighted by atomic mass is 19.1. The van der Waals surface area contributed by atoms with Crippen LogP contribution >= 0.6 is 0 Å². The molecule has 110 valence electrons. The Morgan fingerprint density at radius 3 is 3.00 bits per heavy atom. The van der Waals surface area contributed by atoms with Gasteiger partial charge < -0.3 is 20.5 Å². The first-order valence-electron chi connectivity index (χ1n) is 6.65. The molecule has 0 bridgehead atoms. The number of hydrogen-bond acceptors (Lipinski definition) is 4. The summed E-state index contributed by atoms with van der Waals surface area (Å²) in [4.78, 5) is 11.9. The Hall–Kier alpha value is -1.66. The monoisotopic (exact) mass is 282 g/mol. The van der Waals surface area contributed by atoms with Gasteiger partial charge >= 0.3 is 0 Å². The number of hydrogen-bond donors (Lipinski definition) is 3. The number of alkyl halides is 1. The average Bonchev–Trinajstić information content (AvgIpc) is 2.91. The minimum atomic E-state index is -1.82. The summed E-state index contributed by atoms with van der Waals surface area (Å²) in [7, 11) is 0. The molecule has 2 rings (SSSR count). The van der Waals surface area contributed by atoms with E-state index in [1.807, 2.05) is 6.07 Å². The average molecular weight is 282 g/mol. The number of carbonyl (C=O) groups excluding carboxylic acids is 1. The van der Waals surface area contributed by atoms with E-state index in [0.717, 1.165) is 5.56 Å². The van der Waals surface area contributed by atoms with Gasteiger partial charge in [0.05, 0.1) is 6.61 Å². The zero-order valence-electron chi connectivity index (χ0n) is 11.2. The van der Waals surface area contributed by atoms with Crippen LogP contribution in [0.4, 0.5) is 4.39 Å². The van der Waals surface area contributed by atoms with Gasteiger partial charge in [0.15, 0.2) is 0 Å². The molecular formula is C14H19FN2O3. The number of ether oxygens (including phenoxy) is 1. The third kappa shape index (κ3) is 3.46. The Kier molecular flexibility index (Phi) is 4.92. The van der Waals surface area contributed by atoms with Crippen LogP contribution in [-0.4, -0.2) is 43.0 Å². The van der Waals surface area contributed by atoms with Gasteiger partial charge in [-0.2, -0.15) is 0 Å². The molecular weight excluding hydrogens is 263 g/mol. The zero-order chi connectivity index (χ0) is 14.4. The van der Waals surface area contributed by atoms with Crippen molar-refractivity contribution in [3.05, 3.63) is 29.8 Å². The highest BCUT2D eigenvalue weighted by molar-refractivity contribution is 5.85. The van der Waals surface area contributed by atoms with Gasteiger partial charge in [0.2, 0.25) is 5.67 Å². The molecule has 0 spiro atoms. The first-order chi connectivity index (χ1) is 9.65. The van der Waals surface area contributed by atoms with Crippen molar-refractivity contribution in [1.29, 1.82) is 0 Å². The maximum atomic E-state index is 14.2. The molecule has 1 fully saturated rings. The molecule has 0 aromatic heterocycles. The normalized spacial score (nSPS) is 21.7. The largest absolute Gasteiger partial charge is 0.491 e. The Bertz CT molecular complexity index is 461. The van der Waals surface area contributed by atoms with Crippen LogP contribution < -0.4 is 15.4 Å². The summed E-state index contributed by atoms with van der Waals surface area (Å²) < 4.78 is 19.5. The maximum absolute atomic E-state index is 14.2. The molecule has 6 heteroatoms. The Morgan fingerprint density at radius 1 is 1.50 bits per heavy atom. The first kappa shape index (κ1) is 14.7. The summed E-state index contributed by atoms with van der Waals surface area (Å²) in [6.45, 7) is 0.871. The molecule has 3 N–H and O–H groups in total. The molecule has 1 saturated heterocycles. The molecule has 1 aliphatic heterocycles. The Balaban J connectivity index is 1.95.